The van der Waals surface area contributed by atoms with Gasteiger partial charge in [-0.15, -0.1) is 11.3 Å². The molecule has 2 rings (SSSR count). The Bertz CT molecular complexity index is 388. The molecule has 2 N–H and O–H groups in total. The van der Waals surface area contributed by atoms with Crippen LogP contribution in [0.4, 0.5) is 0 Å². The summed E-state index contributed by atoms with van der Waals surface area (Å²) < 4.78 is 0. The highest BCUT2D eigenvalue weighted by Crippen LogP contribution is 2.36. The van der Waals surface area contributed by atoms with Gasteiger partial charge in [-0.1, -0.05) is 6.92 Å². The van der Waals surface area contributed by atoms with Crippen LogP contribution in [0.25, 0.3) is 0 Å². The lowest BCUT2D eigenvalue weighted by molar-refractivity contribution is -0.129. The second-order valence-electron chi connectivity index (χ2n) is 4.37. The van der Waals surface area contributed by atoms with E-state index < -0.39 is 0 Å². The third kappa shape index (κ3) is 1.87. The molecule has 88 valence electrons. The van der Waals surface area contributed by atoms with Crippen molar-refractivity contribution in [1.29, 1.82) is 0 Å². The maximum atomic E-state index is 11.8. The Morgan fingerprint density at radius 2 is 2.38 bits per heavy atom. The van der Waals surface area contributed by atoms with Crippen LogP contribution >= 0.6 is 11.3 Å². The number of nitrogens with two attached hydrogens (primary N) is 1. The molecule has 4 heteroatoms. The summed E-state index contributed by atoms with van der Waals surface area (Å²) >= 11 is 1.71. The molecular formula is C12H18N2OS. The smallest absolute Gasteiger partial charge is 0.224 e. The van der Waals surface area contributed by atoms with Crippen LogP contribution in [0.15, 0.2) is 11.4 Å². The van der Waals surface area contributed by atoms with Gasteiger partial charge in [-0.3, -0.25) is 4.79 Å². The maximum Gasteiger partial charge on any atom is 0.224 e. The number of rotatable bonds is 3. The summed E-state index contributed by atoms with van der Waals surface area (Å²) in [7, 11) is 0. The molecule has 1 aromatic rings. The Labute approximate surface area is 100 Å². The molecule has 0 bridgehead atoms. The number of amides is 1. The number of hydrogen-bond donors (Lipinski definition) is 1. The van der Waals surface area contributed by atoms with Crippen LogP contribution in [0, 0.1) is 6.92 Å². The normalized spacial score (nSPS) is 25.4. The van der Waals surface area contributed by atoms with E-state index in [1.54, 1.807) is 11.3 Å². The Morgan fingerprint density at radius 1 is 1.62 bits per heavy atom. The molecule has 1 saturated heterocycles. The van der Waals surface area contributed by atoms with E-state index in [9.17, 15) is 4.79 Å². The van der Waals surface area contributed by atoms with E-state index in [1.165, 1.54) is 10.4 Å². The van der Waals surface area contributed by atoms with Crippen LogP contribution < -0.4 is 5.73 Å². The van der Waals surface area contributed by atoms with Crippen LogP contribution in [-0.2, 0) is 4.79 Å². The van der Waals surface area contributed by atoms with E-state index in [-0.39, 0.29) is 18.0 Å². The Kier molecular flexibility index (Phi) is 3.30. The molecule has 16 heavy (non-hydrogen) atoms. The predicted molar refractivity (Wildman–Crippen MR) is 66.4 cm³/mol. The maximum absolute atomic E-state index is 11.8. The first-order valence-electron chi connectivity index (χ1n) is 5.74. The van der Waals surface area contributed by atoms with Gasteiger partial charge in [0.2, 0.25) is 5.91 Å². The number of carbonyl (C=O) groups excluding carboxylic acids is 1. The fourth-order valence-corrected chi connectivity index (χ4v) is 3.46. The van der Waals surface area contributed by atoms with Crippen LogP contribution in [0.1, 0.15) is 36.2 Å². The van der Waals surface area contributed by atoms with Crippen LogP contribution in [0.2, 0.25) is 0 Å². The second kappa shape index (κ2) is 4.55. The molecule has 1 amide bonds. The van der Waals surface area contributed by atoms with Crippen molar-refractivity contribution in [3.63, 3.8) is 0 Å². The minimum atomic E-state index is -0.0450. The van der Waals surface area contributed by atoms with Crippen molar-refractivity contribution in [1.82, 2.24) is 4.90 Å². The highest BCUT2D eigenvalue weighted by molar-refractivity contribution is 7.10. The Hall–Kier alpha value is -0.870. The fourth-order valence-electron chi connectivity index (χ4n) is 2.34. The molecule has 3 nitrogen and oxygen atoms in total. The van der Waals surface area contributed by atoms with Gasteiger partial charge in [0.05, 0.1) is 6.04 Å². The highest BCUT2D eigenvalue weighted by Gasteiger charge is 2.39. The minimum Gasteiger partial charge on any atom is -0.333 e. The summed E-state index contributed by atoms with van der Waals surface area (Å²) in [6, 6.07) is 2.16. The number of likely N-dealkylation sites (tertiary alicyclic amines) is 1. The van der Waals surface area contributed by atoms with Crippen molar-refractivity contribution in [2.75, 3.05) is 6.54 Å². The molecule has 2 atom stereocenters. The van der Waals surface area contributed by atoms with E-state index in [1.807, 2.05) is 4.90 Å². The summed E-state index contributed by atoms with van der Waals surface area (Å²) in [6.45, 7) is 5.00. The quantitative estimate of drug-likeness (QED) is 0.876. The van der Waals surface area contributed by atoms with Crippen molar-refractivity contribution in [2.24, 2.45) is 5.73 Å². The first-order chi connectivity index (χ1) is 7.65. The molecule has 0 spiro atoms. The average Bonchev–Trinajstić information content (AvgIpc) is 2.73. The lowest BCUT2D eigenvalue weighted by atomic mass is 10.1. The number of hydrogen-bond acceptors (Lipinski definition) is 3. The number of aryl methyl sites for hydroxylation is 1. The van der Waals surface area contributed by atoms with Gasteiger partial charge < -0.3 is 10.6 Å². The molecule has 2 unspecified atom stereocenters. The number of carbonyl (C=O) groups is 1. The summed E-state index contributed by atoms with van der Waals surface area (Å²) in [6.07, 6.45) is 1.47. The van der Waals surface area contributed by atoms with Gasteiger partial charge >= 0.3 is 0 Å². The van der Waals surface area contributed by atoms with Crippen LogP contribution in [0.5, 0.6) is 0 Å². The first kappa shape index (κ1) is 11.6. The zero-order valence-corrected chi connectivity index (χ0v) is 10.6. The van der Waals surface area contributed by atoms with Gasteiger partial charge in [0.1, 0.15) is 0 Å². The summed E-state index contributed by atoms with van der Waals surface area (Å²) in [5.74, 6) is 0.201. The molecule has 0 radical (unpaired) electrons. The molecule has 1 aliphatic heterocycles. The lowest BCUT2D eigenvalue weighted by Gasteiger charge is -2.26. The number of thiophene rings is 1. The van der Waals surface area contributed by atoms with Crippen molar-refractivity contribution in [3.05, 3.63) is 21.9 Å². The zero-order valence-electron chi connectivity index (χ0n) is 9.77. The van der Waals surface area contributed by atoms with Gasteiger partial charge in [0, 0.05) is 23.9 Å². The Morgan fingerprint density at radius 3 is 2.94 bits per heavy atom. The van der Waals surface area contributed by atoms with Crippen molar-refractivity contribution >= 4 is 17.2 Å². The summed E-state index contributed by atoms with van der Waals surface area (Å²) in [5, 5.41) is 2.07. The predicted octanol–water partition coefficient (Wildman–Crippen LogP) is 2.07. The molecule has 1 aliphatic rings. The lowest BCUT2D eigenvalue weighted by Crippen LogP contribution is -2.33. The molecule has 1 aromatic heterocycles. The molecule has 0 saturated carbocycles. The zero-order chi connectivity index (χ0) is 11.7. The summed E-state index contributed by atoms with van der Waals surface area (Å²) in [4.78, 5) is 15.0. The van der Waals surface area contributed by atoms with Crippen molar-refractivity contribution in [3.8, 4) is 0 Å². The van der Waals surface area contributed by atoms with Crippen molar-refractivity contribution in [2.45, 2.75) is 38.8 Å². The third-order valence-corrected chi connectivity index (χ3v) is 4.20. The van der Waals surface area contributed by atoms with E-state index in [4.69, 9.17) is 5.73 Å². The first-order valence-corrected chi connectivity index (χ1v) is 6.62. The van der Waals surface area contributed by atoms with E-state index >= 15 is 0 Å². The fraction of sp³-hybridized carbons (Fsp3) is 0.583. The minimum absolute atomic E-state index is 0.0450. The molecule has 2 heterocycles. The van der Waals surface area contributed by atoms with Gasteiger partial charge in [0.15, 0.2) is 0 Å². The third-order valence-electron chi connectivity index (χ3n) is 3.11. The standard InChI is InChI=1S/C12H18N2OS/c1-3-5-14-10(15)7-9(13)11(14)12-8(2)4-6-16-12/h4,6,9,11H,3,5,7,13H2,1-2H3. The van der Waals surface area contributed by atoms with Gasteiger partial charge in [-0.05, 0) is 30.4 Å². The monoisotopic (exact) mass is 238 g/mol. The van der Waals surface area contributed by atoms with Crippen LogP contribution in [-0.4, -0.2) is 23.4 Å². The van der Waals surface area contributed by atoms with Crippen molar-refractivity contribution < 1.29 is 4.79 Å². The largest absolute Gasteiger partial charge is 0.333 e. The van der Waals surface area contributed by atoms with E-state index in [0.29, 0.717) is 6.42 Å². The Balaban J connectivity index is 2.30. The topological polar surface area (TPSA) is 46.3 Å². The SMILES string of the molecule is CCCN1C(=O)CC(N)C1c1sccc1C. The van der Waals surface area contributed by atoms with Crippen LogP contribution in [0.3, 0.4) is 0 Å². The second-order valence-corrected chi connectivity index (χ2v) is 5.32. The molecule has 0 aromatic carbocycles. The van der Waals surface area contributed by atoms with Gasteiger partial charge in [0.25, 0.3) is 0 Å². The molecule has 1 fully saturated rings. The van der Waals surface area contributed by atoms with Gasteiger partial charge in [-0.25, -0.2) is 0 Å². The summed E-state index contributed by atoms with van der Waals surface area (Å²) in [5.41, 5.74) is 7.35. The van der Waals surface area contributed by atoms with Gasteiger partial charge in [-0.2, -0.15) is 0 Å². The average molecular weight is 238 g/mol. The molecular weight excluding hydrogens is 220 g/mol. The highest BCUT2D eigenvalue weighted by atomic mass is 32.1. The van der Waals surface area contributed by atoms with E-state index in [0.717, 1.165) is 13.0 Å². The number of nitrogens with zero attached hydrogens (tertiary/aromatic N) is 1. The molecule has 0 aliphatic carbocycles. The van der Waals surface area contributed by atoms with E-state index in [2.05, 4.69) is 25.3 Å².